The summed E-state index contributed by atoms with van der Waals surface area (Å²) in [7, 11) is 1.93. The largest absolute Gasteiger partial charge is 0.508 e. The fraction of sp³-hybridized carbons (Fsp3) is 0.267. The molecule has 0 fully saturated rings. The Balaban J connectivity index is 3.17. The number of rotatable bonds is 1. The normalized spacial score (nSPS) is 13.5. The molecule has 1 aromatic heterocycles. The second-order valence-electron chi connectivity index (χ2n) is 4.29. The van der Waals surface area contributed by atoms with Gasteiger partial charge in [0.15, 0.2) is 5.43 Å². The molecule has 3 nitrogen and oxygen atoms in total. The molecule has 3 heteroatoms. The molecular weight excluding hydrogens is 226 g/mol. The summed E-state index contributed by atoms with van der Waals surface area (Å²) in [6, 6.07) is 4.91. The first kappa shape index (κ1) is 12.4. The zero-order valence-electron chi connectivity index (χ0n) is 10.9. The Kier molecular flexibility index (Phi) is 3.24. The van der Waals surface area contributed by atoms with Crippen molar-refractivity contribution in [3.8, 4) is 5.75 Å². The van der Waals surface area contributed by atoms with E-state index >= 15 is 0 Å². The highest BCUT2D eigenvalue weighted by Crippen LogP contribution is 2.14. The van der Waals surface area contributed by atoms with E-state index in [2.05, 4.69) is 0 Å². The van der Waals surface area contributed by atoms with Gasteiger partial charge in [-0.1, -0.05) is 19.1 Å². The molecule has 1 heterocycles. The summed E-state index contributed by atoms with van der Waals surface area (Å²) in [5.74, 6) is 0.121. The van der Waals surface area contributed by atoms with E-state index in [-0.39, 0.29) is 11.2 Å². The maximum atomic E-state index is 12.4. The summed E-state index contributed by atoms with van der Waals surface area (Å²) in [6.45, 7) is 3.93. The Morgan fingerprint density at radius 1 is 1.39 bits per heavy atom. The van der Waals surface area contributed by atoms with Gasteiger partial charge in [-0.15, -0.1) is 0 Å². The number of fused-ring (bicyclic) bond motifs is 1. The number of hydrogen-bond donors (Lipinski definition) is 1. The van der Waals surface area contributed by atoms with E-state index in [4.69, 9.17) is 0 Å². The monoisotopic (exact) mass is 243 g/mol. The number of phenolic OH excluding ortho intramolecular Hbond substituents is 1. The first-order valence-corrected chi connectivity index (χ1v) is 6.08. The van der Waals surface area contributed by atoms with Crippen molar-refractivity contribution in [2.75, 3.05) is 0 Å². The summed E-state index contributed by atoms with van der Waals surface area (Å²) in [5, 5.41) is 11.7. The van der Waals surface area contributed by atoms with Crippen molar-refractivity contribution >= 4 is 23.1 Å². The number of nitrogens with zero attached hydrogens (tertiary/aromatic N) is 1. The van der Waals surface area contributed by atoms with Gasteiger partial charge in [-0.2, -0.15) is 0 Å². The molecule has 94 valence electrons. The summed E-state index contributed by atoms with van der Waals surface area (Å²) < 4.78 is 1.98. The van der Waals surface area contributed by atoms with E-state index in [1.54, 1.807) is 12.1 Å². The molecule has 1 N–H and O–H groups in total. The minimum Gasteiger partial charge on any atom is -0.508 e. The minimum absolute atomic E-state index is 0.0195. The lowest BCUT2D eigenvalue weighted by Crippen LogP contribution is -2.44. The second-order valence-corrected chi connectivity index (χ2v) is 4.29. The molecule has 18 heavy (non-hydrogen) atoms. The molecule has 0 atom stereocenters. The third-order valence-electron chi connectivity index (χ3n) is 3.15. The van der Waals surface area contributed by atoms with Crippen molar-refractivity contribution in [2.24, 2.45) is 7.05 Å². The molecular formula is C15H17NO2. The van der Waals surface area contributed by atoms with Crippen molar-refractivity contribution in [3.63, 3.8) is 0 Å². The van der Waals surface area contributed by atoms with Gasteiger partial charge < -0.3 is 9.67 Å². The molecule has 2 rings (SSSR count). The highest BCUT2D eigenvalue weighted by molar-refractivity contribution is 5.80. The standard InChI is InChI=1S/C15H17NO2/c1-4-6-11-13(5-2)16(3)14-8-7-10(17)9-12(14)15(11)18/h5-9,17H,4H2,1-3H3. The van der Waals surface area contributed by atoms with Crippen LogP contribution in [0.5, 0.6) is 5.75 Å². The Morgan fingerprint density at radius 3 is 2.72 bits per heavy atom. The van der Waals surface area contributed by atoms with Crippen molar-refractivity contribution in [1.29, 1.82) is 0 Å². The van der Waals surface area contributed by atoms with E-state index < -0.39 is 0 Å². The van der Waals surface area contributed by atoms with Gasteiger partial charge in [0.05, 0.1) is 5.52 Å². The van der Waals surface area contributed by atoms with Crippen molar-refractivity contribution < 1.29 is 5.11 Å². The SMILES string of the molecule is CC=c1c(=CCC)c(=O)c2cc(O)ccc2n1C. The van der Waals surface area contributed by atoms with Crippen LogP contribution in [-0.4, -0.2) is 9.67 Å². The lowest BCUT2D eigenvalue weighted by atomic mass is 10.1. The fourth-order valence-corrected chi connectivity index (χ4v) is 2.32. The van der Waals surface area contributed by atoms with Crippen LogP contribution in [0.1, 0.15) is 20.3 Å². The second kappa shape index (κ2) is 4.69. The average molecular weight is 243 g/mol. The van der Waals surface area contributed by atoms with Crippen LogP contribution in [0.4, 0.5) is 0 Å². The maximum Gasteiger partial charge on any atom is 0.197 e. The first-order valence-electron chi connectivity index (χ1n) is 6.08. The number of pyridine rings is 1. The smallest absolute Gasteiger partial charge is 0.197 e. The van der Waals surface area contributed by atoms with Gasteiger partial charge >= 0.3 is 0 Å². The lowest BCUT2D eigenvalue weighted by Gasteiger charge is -2.08. The maximum absolute atomic E-state index is 12.4. The number of benzene rings is 1. The third kappa shape index (κ3) is 1.82. The van der Waals surface area contributed by atoms with Crippen LogP contribution in [0, 0.1) is 0 Å². The molecule has 0 aliphatic heterocycles. The highest BCUT2D eigenvalue weighted by atomic mass is 16.3. The quantitative estimate of drug-likeness (QED) is 0.818. The Hall–Kier alpha value is -2.03. The van der Waals surface area contributed by atoms with E-state index in [9.17, 15) is 9.90 Å². The van der Waals surface area contributed by atoms with Gasteiger partial charge in [0, 0.05) is 23.0 Å². The number of aromatic hydroxyl groups is 1. The zero-order valence-corrected chi connectivity index (χ0v) is 10.9. The molecule has 0 saturated heterocycles. The van der Waals surface area contributed by atoms with E-state index in [1.165, 1.54) is 6.07 Å². The van der Waals surface area contributed by atoms with Gasteiger partial charge in [0.25, 0.3) is 0 Å². The molecule has 0 bridgehead atoms. The molecule has 0 unspecified atom stereocenters. The Bertz CT molecular complexity index is 770. The van der Waals surface area contributed by atoms with Gasteiger partial charge in [0.2, 0.25) is 0 Å². The minimum atomic E-state index is -0.0195. The number of phenols is 1. The van der Waals surface area contributed by atoms with Crippen LogP contribution in [-0.2, 0) is 7.05 Å². The fourth-order valence-electron chi connectivity index (χ4n) is 2.32. The van der Waals surface area contributed by atoms with Gasteiger partial charge in [-0.05, 0) is 31.5 Å². The summed E-state index contributed by atoms with van der Waals surface area (Å²) in [4.78, 5) is 12.4. The topological polar surface area (TPSA) is 42.2 Å². The van der Waals surface area contributed by atoms with E-state index in [0.717, 1.165) is 17.3 Å². The first-order chi connectivity index (χ1) is 8.60. The van der Waals surface area contributed by atoms with Crippen LogP contribution in [0.15, 0.2) is 23.0 Å². The predicted molar refractivity (Wildman–Crippen MR) is 75.0 cm³/mol. The summed E-state index contributed by atoms with van der Waals surface area (Å²) in [6.07, 6.45) is 4.68. The molecule has 1 aromatic carbocycles. The van der Waals surface area contributed by atoms with Crippen LogP contribution < -0.4 is 16.0 Å². The van der Waals surface area contributed by atoms with Gasteiger partial charge in [-0.25, -0.2) is 0 Å². The Morgan fingerprint density at radius 2 is 2.11 bits per heavy atom. The third-order valence-corrected chi connectivity index (χ3v) is 3.15. The van der Waals surface area contributed by atoms with Gasteiger partial charge in [0.1, 0.15) is 5.75 Å². The zero-order chi connectivity index (χ0) is 13.3. The van der Waals surface area contributed by atoms with Gasteiger partial charge in [-0.3, -0.25) is 4.79 Å². The van der Waals surface area contributed by atoms with Crippen LogP contribution in [0.2, 0.25) is 0 Å². The van der Waals surface area contributed by atoms with E-state index in [0.29, 0.717) is 10.6 Å². The van der Waals surface area contributed by atoms with Crippen LogP contribution in [0.25, 0.3) is 23.1 Å². The van der Waals surface area contributed by atoms with Crippen LogP contribution in [0.3, 0.4) is 0 Å². The number of aromatic nitrogens is 1. The van der Waals surface area contributed by atoms with Crippen molar-refractivity contribution in [1.82, 2.24) is 4.57 Å². The molecule has 0 aliphatic carbocycles. The highest BCUT2D eigenvalue weighted by Gasteiger charge is 2.05. The molecule has 0 saturated carbocycles. The lowest BCUT2D eigenvalue weighted by molar-refractivity contribution is 0.476. The van der Waals surface area contributed by atoms with Crippen LogP contribution >= 0.6 is 0 Å². The van der Waals surface area contributed by atoms with Crippen molar-refractivity contribution in [3.05, 3.63) is 39.0 Å². The summed E-state index contributed by atoms with van der Waals surface area (Å²) >= 11 is 0. The molecule has 2 aromatic rings. The average Bonchev–Trinajstić information content (AvgIpc) is 2.36. The van der Waals surface area contributed by atoms with E-state index in [1.807, 2.05) is 37.6 Å². The summed E-state index contributed by atoms with van der Waals surface area (Å²) in [5.41, 5.74) is 0.813. The molecule has 0 radical (unpaired) electrons. The molecule has 0 spiro atoms. The Labute approximate surface area is 105 Å². The number of hydrogen-bond acceptors (Lipinski definition) is 2. The molecule has 0 amide bonds. The molecule has 0 aliphatic rings. The number of aryl methyl sites for hydroxylation is 1. The predicted octanol–water partition coefficient (Wildman–Crippen LogP) is 1.24. The van der Waals surface area contributed by atoms with Crippen molar-refractivity contribution in [2.45, 2.75) is 20.3 Å².